The van der Waals surface area contributed by atoms with Gasteiger partial charge in [0.1, 0.15) is 35.6 Å². The van der Waals surface area contributed by atoms with Gasteiger partial charge in [0.25, 0.3) is 11.4 Å². The molecule has 3 N–H and O–H groups in total. The second-order valence-electron chi connectivity index (χ2n) is 19.9. The number of nitrogens with zero attached hydrogens (tertiary/aromatic N) is 4. The van der Waals surface area contributed by atoms with E-state index < -0.39 is 45.5 Å². The topological polar surface area (TPSA) is 262 Å². The summed E-state index contributed by atoms with van der Waals surface area (Å²) in [7, 11) is 2.99. The maximum absolute atomic E-state index is 15.5. The summed E-state index contributed by atoms with van der Waals surface area (Å²) in [6, 6.07) is 26.2. The fraction of sp³-hybridized carbons (Fsp3) is 0.350. The summed E-state index contributed by atoms with van der Waals surface area (Å²) >= 11 is 0. The molecule has 2 aliphatic carbocycles. The van der Waals surface area contributed by atoms with Gasteiger partial charge in [-0.05, 0) is 133 Å². The van der Waals surface area contributed by atoms with Crippen LogP contribution in [0.1, 0.15) is 73.1 Å². The lowest BCUT2D eigenvalue weighted by Gasteiger charge is -2.60. The molecule has 424 valence electrons. The number of carbonyl (C=O) groups excluding carboxylic acids is 2. The van der Waals surface area contributed by atoms with E-state index in [9.17, 15) is 35.2 Å². The van der Waals surface area contributed by atoms with Crippen LogP contribution in [0.5, 0.6) is 34.5 Å². The molecule has 2 aliphatic heterocycles. The minimum absolute atomic E-state index is 0.00180. The minimum atomic E-state index is -1.72. The number of aliphatic hydroxyl groups excluding tert-OH is 2. The van der Waals surface area contributed by atoms with E-state index in [2.05, 4.69) is 18.0 Å². The van der Waals surface area contributed by atoms with Gasteiger partial charge in [-0.25, -0.2) is 4.79 Å². The lowest BCUT2D eigenvalue weighted by Crippen LogP contribution is -2.70. The van der Waals surface area contributed by atoms with Crippen molar-refractivity contribution in [2.45, 2.75) is 75.8 Å². The first-order valence-corrected chi connectivity index (χ1v) is 26.6. The van der Waals surface area contributed by atoms with Crippen LogP contribution in [0.25, 0.3) is 6.08 Å². The Bertz CT molecular complexity index is 3200. The number of rotatable bonds is 25. The number of unbranched alkanes of at least 4 members (excludes halogenated alkanes) is 2. The van der Waals surface area contributed by atoms with Crippen LogP contribution >= 0.6 is 0 Å². The first-order chi connectivity index (χ1) is 39.4. The molecular formula is C60H63N5O16. The number of hydrogen-bond donors (Lipinski definition) is 3. The Hall–Kier alpha value is -8.79. The molecule has 0 saturated heterocycles. The third kappa shape index (κ3) is 12.8. The molecule has 2 heterocycles. The second kappa shape index (κ2) is 26.0. The van der Waals surface area contributed by atoms with Gasteiger partial charge in [-0.1, -0.05) is 36.2 Å². The third-order valence-corrected chi connectivity index (χ3v) is 15.0. The average Bonchev–Trinajstić information content (AvgIpc) is 1.89. The maximum atomic E-state index is 15.5. The summed E-state index contributed by atoms with van der Waals surface area (Å²) in [6.07, 6.45) is 9.56. The fourth-order valence-electron chi connectivity index (χ4n) is 11.3. The van der Waals surface area contributed by atoms with E-state index in [-0.39, 0.29) is 75.1 Å². The molecule has 6 atom stereocenters. The van der Waals surface area contributed by atoms with E-state index >= 15 is 4.79 Å². The van der Waals surface area contributed by atoms with Gasteiger partial charge in [0.05, 0.1) is 48.0 Å². The fourth-order valence-corrected chi connectivity index (χ4v) is 11.3. The molecule has 1 saturated carbocycles. The Morgan fingerprint density at radius 3 is 2.22 bits per heavy atom. The molecule has 9 rings (SSSR count). The van der Waals surface area contributed by atoms with E-state index in [4.69, 9.17) is 43.2 Å². The number of nitro benzene ring substituents is 2. The Balaban J connectivity index is 1.22. The lowest BCUT2D eigenvalue weighted by molar-refractivity contribution is -0.385. The molecule has 5 aromatic rings. The molecule has 5 aromatic carbocycles. The monoisotopic (exact) mass is 1110 g/mol. The summed E-state index contributed by atoms with van der Waals surface area (Å²) in [5.41, 5.74) is 3.78. The molecule has 0 spiro atoms. The molecule has 4 aliphatic rings. The minimum Gasteiger partial charge on any atom is -0.497 e. The van der Waals surface area contributed by atoms with Gasteiger partial charge >= 0.3 is 6.09 Å². The van der Waals surface area contributed by atoms with Gasteiger partial charge in [-0.2, -0.15) is 0 Å². The number of benzene rings is 5. The first-order valence-electron chi connectivity index (χ1n) is 26.6. The van der Waals surface area contributed by atoms with E-state index in [0.29, 0.717) is 101 Å². The molecule has 81 heavy (non-hydrogen) atoms. The number of hydrogen-bond acceptors (Lipinski definition) is 17. The number of oxime groups is 1. The van der Waals surface area contributed by atoms with Crippen molar-refractivity contribution in [3.8, 4) is 34.5 Å². The summed E-state index contributed by atoms with van der Waals surface area (Å²) in [5.74, 6) is -1.41. The van der Waals surface area contributed by atoms with Gasteiger partial charge in [-0.3, -0.25) is 30.3 Å². The van der Waals surface area contributed by atoms with E-state index in [1.807, 2.05) is 6.07 Å². The SMILES string of the molecule is C=CCOC12Oc3ccc(OC(=O)Nc4ccc(OC)cc4OC)cc3C3C(CCCCO)C(CCCCO)C=C(C(=NOCc4ccc([N+](=O)[O-])cc4)CC1N(Cc1ccc4c(c1)OCO4)C(=O)C=Cc1ccc([N+](=O)[O-])cc1)C32. The molecule has 0 bridgehead atoms. The Kier molecular flexibility index (Phi) is 18.3. The van der Waals surface area contributed by atoms with Crippen LogP contribution in [0.4, 0.5) is 21.9 Å². The van der Waals surface area contributed by atoms with Gasteiger partial charge < -0.3 is 53.1 Å². The Morgan fingerprint density at radius 1 is 0.827 bits per heavy atom. The van der Waals surface area contributed by atoms with Crippen molar-refractivity contribution < 1.29 is 67.6 Å². The lowest BCUT2D eigenvalue weighted by atomic mass is 9.55. The summed E-state index contributed by atoms with van der Waals surface area (Å²) in [6.45, 7) is 3.86. The van der Waals surface area contributed by atoms with Crippen molar-refractivity contribution in [1.82, 2.24) is 4.90 Å². The number of allylic oxidation sites excluding steroid dienone is 1. The normalized spacial score (nSPS) is 20.7. The highest BCUT2D eigenvalue weighted by molar-refractivity contribution is 6.03. The van der Waals surface area contributed by atoms with Crippen LogP contribution < -0.4 is 33.7 Å². The van der Waals surface area contributed by atoms with Crippen LogP contribution in [0.3, 0.4) is 0 Å². The number of nitrogens with one attached hydrogen (secondary N) is 1. The number of carbonyl (C=O) groups is 2. The number of fused-ring (bicyclic) bond motifs is 3. The van der Waals surface area contributed by atoms with Crippen molar-refractivity contribution in [3.05, 3.63) is 176 Å². The summed E-state index contributed by atoms with van der Waals surface area (Å²) in [4.78, 5) is 59.3. The number of amides is 2. The Labute approximate surface area is 467 Å². The average molecular weight is 1110 g/mol. The van der Waals surface area contributed by atoms with Crippen LogP contribution in [0.15, 0.2) is 139 Å². The highest BCUT2D eigenvalue weighted by Gasteiger charge is 2.65. The predicted molar refractivity (Wildman–Crippen MR) is 297 cm³/mol. The van der Waals surface area contributed by atoms with E-state index in [0.717, 1.165) is 5.57 Å². The standard InChI is InChI=1S/C60H63N5O16/c1-4-29-78-60-55(63(35-40-15-24-52-54(30-40)77-37-76-52)56(68)26-16-38-11-17-42(18-12-38)64(70)71)34-50(62-79-36-39-13-19-43(20-14-39)65(72)73)47-31-41(9-5-7-27-66)46(10-6-8-28-67)57(58(47)60)48-32-45(22-25-51(48)81-60)80-59(69)61-49-23-21-44(74-2)33-53(49)75-3/h4,11-26,30-33,41,46,55,57-58,66-67H,1,5-10,27-29,34-37H2,2-3H3,(H,61,69). The molecule has 0 radical (unpaired) electrons. The number of aliphatic hydroxyl groups is 2. The van der Waals surface area contributed by atoms with Gasteiger partial charge in [0.15, 0.2) is 11.5 Å². The van der Waals surface area contributed by atoms with Gasteiger partial charge in [0.2, 0.25) is 18.5 Å². The predicted octanol–water partition coefficient (Wildman–Crippen LogP) is 10.4. The van der Waals surface area contributed by atoms with Crippen molar-refractivity contribution in [3.63, 3.8) is 0 Å². The highest BCUT2D eigenvalue weighted by atomic mass is 16.7. The zero-order valence-corrected chi connectivity index (χ0v) is 44.8. The van der Waals surface area contributed by atoms with Crippen molar-refractivity contribution >= 4 is 40.9 Å². The van der Waals surface area contributed by atoms with E-state index in [1.54, 1.807) is 89.8 Å². The quantitative estimate of drug-likeness (QED) is 0.0161. The number of methoxy groups -OCH3 is 2. The van der Waals surface area contributed by atoms with Crippen molar-refractivity contribution in [1.29, 1.82) is 0 Å². The van der Waals surface area contributed by atoms with Crippen LogP contribution in [0.2, 0.25) is 0 Å². The molecule has 6 unspecified atom stereocenters. The van der Waals surface area contributed by atoms with Gasteiger partial charge in [-0.15, -0.1) is 6.58 Å². The highest BCUT2D eigenvalue weighted by Crippen LogP contribution is 2.62. The smallest absolute Gasteiger partial charge is 0.417 e. The summed E-state index contributed by atoms with van der Waals surface area (Å²) < 4.78 is 43.0. The maximum Gasteiger partial charge on any atom is 0.417 e. The molecule has 21 heteroatoms. The molecule has 21 nitrogen and oxygen atoms in total. The molecule has 1 fully saturated rings. The number of ether oxygens (including phenoxy) is 7. The third-order valence-electron chi connectivity index (χ3n) is 15.0. The largest absolute Gasteiger partial charge is 0.497 e. The molecule has 0 aromatic heterocycles. The zero-order chi connectivity index (χ0) is 57.0. The van der Waals surface area contributed by atoms with Crippen molar-refractivity contribution in [2.75, 3.05) is 46.1 Å². The molecular weight excluding hydrogens is 1050 g/mol. The number of nitro groups is 2. The number of anilines is 1. The Morgan fingerprint density at radius 2 is 1.52 bits per heavy atom. The van der Waals surface area contributed by atoms with Crippen molar-refractivity contribution in [2.24, 2.45) is 22.9 Å². The zero-order valence-electron chi connectivity index (χ0n) is 44.8. The molecule has 2 amide bonds. The van der Waals surface area contributed by atoms with Crippen LogP contribution in [-0.2, 0) is 27.5 Å². The summed E-state index contributed by atoms with van der Waals surface area (Å²) in [5, 5.41) is 51.0. The van der Waals surface area contributed by atoms with Crippen LogP contribution in [-0.4, -0.2) is 95.3 Å². The van der Waals surface area contributed by atoms with Gasteiger partial charge in [0, 0.05) is 74.1 Å². The van der Waals surface area contributed by atoms with Crippen LogP contribution in [0, 0.1) is 38.0 Å². The second-order valence-corrected chi connectivity index (χ2v) is 19.9. The number of non-ortho nitro benzene ring substituents is 2. The first kappa shape index (κ1) is 56.9. The van der Waals surface area contributed by atoms with E-state index in [1.165, 1.54) is 44.6 Å².